The summed E-state index contributed by atoms with van der Waals surface area (Å²) in [6.07, 6.45) is 7.03. The zero-order valence-corrected chi connectivity index (χ0v) is 26.0. The van der Waals surface area contributed by atoms with Crippen molar-refractivity contribution in [2.75, 3.05) is 0 Å². The summed E-state index contributed by atoms with van der Waals surface area (Å²) >= 11 is 7.74. The van der Waals surface area contributed by atoms with Crippen molar-refractivity contribution in [3.8, 4) is 33.0 Å². The van der Waals surface area contributed by atoms with Gasteiger partial charge in [0.15, 0.2) is 11.8 Å². The second kappa shape index (κ2) is 11.1. The van der Waals surface area contributed by atoms with E-state index in [-0.39, 0.29) is 0 Å². The number of nitrogens with zero attached hydrogens (tertiary/aromatic N) is 5. The number of thiazole rings is 1. The number of ether oxygens (including phenoxy) is 1. The zero-order chi connectivity index (χ0) is 30.5. The molecule has 6 rings (SSSR count). The number of aliphatic carboxylic acids is 1. The highest BCUT2D eigenvalue weighted by Crippen LogP contribution is 2.44. The molecule has 10 heteroatoms. The van der Waals surface area contributed by atoms with Crippen LogP contribution in [-0.2, 0) is 16.0 Å². The normalized spacial score (nSPS) is 12.7. The number of carboxylic acid groups (broad SMARTS) is 1. The Morgan fingerprint density at radius 3 is 2.53 bits per heavy atom. The number of aromatic nitrogens is 5. The topological polar surface area (TPSA) is 102 Å². The highest BCUT2D eigenvalue weighted by atomic mass is 35.5. The number of rotatable bonds is 7. The number of hydrogen-bond donors (Lipinski definition) is 1. The van der Waals surface area contributed by atoms with Crippen LogP contribution in [0.15, 0.2) is 67.3 Å². The summed E-state index contributed by atoms with van der Waals surface area (Å²) in [5.74, 6) is -1.05. The van der Waals surface area contributed by atoms with Crippen LogP contribution in [0.2, 0.25) is 5.02 Å². The highest BCUT2D eigenvalue weighted by molar-refractivity contribution is 7.22. The van der Waals surface area contributed by atoms with E-state index in [0.717, 1.165) is 66.4 Å². The predicted octanol–water partition coefficient (Wildman–Crippen LogP) is 8.20. The van der Waals surface area contributed by atoms with E-state index in [0.29, 0.717) is 10.6 Å². The molecule has 8 nitrogen and oxygen atoms in total. The molecule has 6 aromatic rings. The minimum absolute atomic E-state index is 0.595. The molecule has 0 saturated carbocycles. The maximum Gasteiger partial charge on any atom is 0.337 e. The molecule has 4 heterocycles. The molecular weight excluding hydrogens is 582 g/mol. The van der Waals surface area contributed by atoms with Gasteiger partial charge in [-0.2, -0.15) is 5.10 Å². The van der Waals surface area contributed by atoms with Crippen LogP contribution in [0.25, 0.3) is 48.8 Å². The molecule has 0 radical (unpaired) electrons. The molecule has 0 saturated heterocycles. The maximum absolute atomic E-state index is 12.6. The van der Waals surface area contributed by atoms with Crippen molar-refractivity contribution >= 4 is 44.8 Å². The van der Waals surface area contributed by atoms with Crippen molar-refractivity contribution in [2.24, 2.45) is 0 Å². The monoisotopic (exact) mass is 611 g/mol. The number of aryl methyl sites for hydroxylation is 2. The molecule has 0 aliphatic carbocycles. The molecule has 0 spiro atoms. The molecule has 0 bridgehead atoms. The van der Waals surface area contributed by atoms with Gasteiger partial charge in [0.05, 0.1) is 27.7 Å². The minimum atomic E-state index is -1.17. The largest absolute Gasteiger partial charge is 0.479 e. The third-order valence-electron chi connectivity index (χ3n) is 7.13. The van der Waals surface area contributed by atoms with Crippen molar-refractivity contribution in [3.05, 3.63) is 89.0 Å². The van der Waals surface area contributed by atoms with Gasteiger partial charge in [-0.15, -0.1) is 11.3 Å². The van der Waals surface area contributed by atoms with Crippen molar-refractivity contribution in [1.82, 2.24) is 24.6 Å². The lowest BCUT2D eigenvalue weighted by molar-refractivity contribution is -0.160. The average Bonchev–Trinajstić information content (AvgIpc) is 3.59. The Balaban J connectivity index is 1.51. The van der Waals surface area contributed by atoms with Crippen molar-refractivity contribution in [3.63, 3.8) is 0 Å². The van der Waals surface area contributed by atoms with Gasteiger partial charge in [-0.1, -0.05) is 30.7 Å². The van der Waals surface area contributed by atoms with E-state index in [1.807, 2.05) is 76.6 Å². The first-order valence-electron chi connectivity index (χ1n) is 13.9. The van der Waals surface area contributed by atoms with E-state index in [9.17, 15) is 9.90 Å². The van der Waals surface area contributed by atoms with Gasteiger partial charge in [-0.25, -0.2) is 19.3 Å². The van der Waals surface area contributed by atoms with Gasteiger partial charge < -0.3 is 9.84 Å². The summed E-state index contributed by atoms with van der Waals surface area (Å²) in [5, 5.41) is 16.2. The molecule has 1 N–H and O–H groups in total. The Hall–Kier alpha value is -4.18. The van der Waals surface area contributed by atoms with E-state index in [1.165, 1.54) is 11.3 Å². The van der Waals surface area contributed by atoms with E-state index in [1.54, 1.807) is 22.8 Å². The lowest BCUT2D eigenvalue weighted by atomic mass is 9.91. The molecular formula is C33H30ClN5O3S. The summed E-state index contributed by atoms with van der Waals surface area (Å²) in [7, 11) is 0. The molecule has 0 fully saturated rings. The standard InChI is InChI=1S/C33H30ClN5O3S/c1-6-19-16-37-39-17-22(15-36-30(19)39)24-14-21(11-12-35-24)31-38-25-13-18(2)26(28(32(40)41)42-33(3,4)5)27(29(25)43-31)20-7-9-23(34)10-8-20/h7-17,28H,6H2,1-5H3,(H,40,41). The lowest BCUT2D eigenvalue weighted by Crippen LogP contribution is -2.28. The minimum Gasteiger partial charge on any atom is -0.479 e. The number of pyridine rings is 1. The Morgan fingerprint density at radius 1 is 1.07 bits per heavy atom. The molecule has 1 unspecified atom stereocenters. The average molecular weight is 612 g/mol. The number of hydrogen-bond acceptors (Lipinski definition) is 7. The SMILES string of the molecule is CCc1cnn2cc(-c3cc(-c4nc5cc(C)c(C(OC(C)(C)C)C(=O)O)c(-c6ccc(Cl)cc6)c5s4)ccn3)cnc12. The Labute approximate surface area is 258 Å². The van der Waals surface area contributed by atoms with E-state index < -0.39 is 17.7 Å². The smallest absolute Gasteiger partial charge is 0.337 e. The summed E-state index contributed by atoms with van der Waals surface area (Å²) < 4.78 is 8.78. The Bertz CT molecular complexity index is 1990. The van der Waals surface area contributed by atoms with Gasteiger partial charge in [0.25, 0.3) is 0 Å². The van der Waals surface area contributed by atoms with Gasteiger partial charge in [-0.05, 0) is 75.6 Å². The van der Waals surface area contributed by atoms with Crippen molar-refractivity contribution in [2.45, 2.75) is 52.7 Å². The van der Waals surface area contributed by atoms with Gasteiger partial charge in [0.2, 0.25) is 0 Å². The second-order valence-electron chi connectivity index (χ2n) is 11.4. The number of halogens is 1. The molecule has 0 aliphatic rings. The summed E-state index contributed by atoms with van der Waals surface area (Å²) in [4.78, 5) is 26.9. The first-order chi connectivity index (χ1) is 20.5. The van der Waals surface area contributed by atoms with Gasteiger partial charge in [0.1, 0.15) is 5.01 Å². The second-order valence-corrected chi connectivity index (χ2v) is 12.8. The van der Waals surface area contributed by atoms with Crippen LogP contribution in [0.3, 0.4) is 0 Å². The van der Waals surface area contributed by atoms with Crippen molar-refractivity contribution in [1.29, 1.82) is 0 Å². The number of carbonyl (C=O) groups is 1. The third kappa shape index (κ3) is 5.63. The summed E-state index contributed by atoms with van der Waals surface area (Å²) in [6, 6.07) is 13.3. The third-order valence-corrected chi connectivity index (χ3v) is 8.52. The number of carboxylic acids is 1. The van der Waals surface area contributed by atoms with E-state index in [4.69, 9.17) is 21.3 Å². The first-order valence-corrected chi connectivity index (χ1v) is 15.1. The first kappa shape index (κ1) is 28.9. The molecule has 4 aromatic heterocycles. The molecule has 1 atom stereocenters. The molecule has 218 valence electrons. The van der Waals surface area contributed by atoms with Crippen LogP contribution in [0.5, 0.6) is 0 Å². The molecule has 2 aromatic carbocycles. The van der Waals surface area contributed by atoms with E-state index >= 15 is 0 Å². The van der Waals surface area contributed by atoms with Gasteiger partial charge in [-0.3, -0.25) is 4.98 Å². The van der Waals surface area contributed by atoms with Crippen LogP contribution >= 0.6 is 22.9 Å². The fourth-order valence-electron chi connectivity index (χ4n) is 5.19. The quantitative estimate of drug-likeness (QED) is 0.194. The highest BCUT2D eigenvalue weighted by Gasteiger charge is 2.32. The van der Waals surface area contributed by atoms with E-state index in [2.05, 4.69) is 22.0 Å². The number of fused-ring (bicyclic) bond motifs is 2. The summed E-state index contributed by atoms with van der Waals surface area (Å²) in [6.45, 7) is 9.55. The Morgan fingerprint density at radius 2 is 1.84 bits per heavy atom. The van der Waals surface area contributed by atoms with Crippen LogP contribution in [0.4, 0.5) is 0 Å². The van der Waals surface area contributed by atoms with Crippen LogP contribution in [-0.4, -0.2) is 41.2 Å². The van der Waals surface area contributed by atoms with Crippen LogP contribution in [0.1, 0.15) is 50.5 Å². The predicted molar refractivity (Wildman–Crippen MR) is 171 cm³/mol. The zero-order valence-electron chi connectivity index (χ0n) is 24.4. The fourth-order valence-corrected chi connectivity index (χ4v) is 6.44. The Kier molecular flexibility index (Phi) is 7.50. The number of benzene rings is 2. The van der Waals surface area contributed by atoms with Gasteiger partial charge in [0, 0.05) is 51.4 Å². The van der Waals surface area contributed by atoms with Gasteiger partial charge >= 0.3 is 5.97 Å². The molecule has 0 amide bonds. The maximum atomic E-state index is 12.6. The lowest BCUT2D eigenvalue weighted by Gasteiger charge is -2.28. The molecule has 0 aliphatic heterocycles. The summed E-state index contributed by atoms with van der Waals surface area (Å²) in [5.41, 5.74) is 7.51. The van der Waals surface area contributed by atoms with Crippen molar-refractivity contribution < 1.29 is 14.6 Å². The fraction of sp³-hybridized carbons (Fsp3) is 0.242. The van der Waals surface area contributed by atoms with Crippen LogP contribution < -0.4 is 0 Å². The van der Waals surface area contributed by atoms with Crippen LogP contribution in [0, 0.1) is 6.92 Å². The molecule has 43 heavy (non-hydrogen) atoms.